The molecule has 1 fully saturated rings. The summed E-state index contributed by atoms with van der Waals surface area (Å²) < 4.78 is 10.8. The molecule has 1 saturated carbocycles. The molecule has 4 rings (SSSR count). The van der Waals surface area contributed by atoms with E-state index in [9.17, 15) is 0 Å². The van der Waals surface area contributed by atoms with Crippen LogP contribution < -0.4 is 14.4 Å². The maximum Gasteiger partial charge on any atom is 0.161 e. The van der Waals surface area contributed by atoms with Crippen LogP contribution in [0.1, 0.15) is 35.6 Å². The van der Waals surface area contributed by atoms with E-state index in [4.69, 9.17) is 9.47 Å². The van der Waals surface area contributed by atoms with Crippen molar-refractivity contribution in [2.24, 2.45) is 0 Å². The summed E-state index contributed by atoms with van der Waals surface area (Å²) in [5.41, 5.74) is 3.80. The van der Waals surface area contributed by atoms with Gasteiger partial charge in [0, 0.05) is 30.8 Å². The van der Waals surface area contributed by atoms with Gasteiger partial charge in [-0.05, 0) is 42.5 Å². The van der Waals surface area contributed by atoms with Crippen molar-refractivity contribution in [1.29, 1.82) is 0 Å². The molecule has 120 valence electrons. The molecule has 1 aliphatic carbocycles. The second-order valence-corrected chi connectivity index (χ2v) is 6.22. The summed E-state index contributed by atoms with van der Waals surface area (Å²) in [6.45, 7) is 1.81. The summed E-state index contributed by atoms with van der Waals surface area (Å²) in [7, 11) is 3.36. The molecule has 2 aromatic rings. The Kier molecular flexibility index (Phi) is 3.56. The Morgan fingerprint density at radius 2 is 1.74 bits per heavy atom. The summed E-state index contributed by atoms with van der Waals surface area (Å²) in [6.07, 6.45) is 5.21. The summed E-state index contributed by atoms with van der Waals surface area (Å²) in [5.74, 6) is 3.27. The maximum absolute atomic E-state index is 5.43. The molecule has 23 heavy (non-hydrogen) atoms. The molecule has 0 bridgehead atoms. The van der Waals surface area contributed by atoms with Crippen molar-refractivity contribution < 1.29 is 9.47 Å². The predicted octanol–water partition coefficient (Wildman–Crippen LogP) is 2.93. The largest absolute Gasteiger partial charge is 0.493 e. The highest BCUT2D eigenvalue weighted by molar-refractivity contribution is 5.52. The number of hydrogen-bond acceptors (Lipinski definition) is 5. The van der Waals surface area contributed by atoms with Gasteiger partial charge < -0.3 is 14.4 Å². The average Bonchev–Trinajstić information content (AvgIpc) is 3.45. The van der Waals surface area contributed by atoms with Gasteiger partial charge in [0.1, 0.15) is 12.1 Å². The van der Waals surface area contributed by atoms with Crippen LogP contribution in [0.3, 0.4) is 0 Å². The van der Waals surface area contributed by atoms with E-state index in [0.29, 0.717) is 5.92 Å². The maximum atomic E-state index is 5.43. The van der Waals surface area contributed by atoms with Crippen LogP contribution in [-0.2, 0) is 13.0 Å². The Bertz CT molecular complexity index is 728. The number of methoxy groups -OCH3 is 2. The Labute approximate surface area is 136 Å². The van der Waals surface area contributed by atoms with Crippen LogP contribution in [-0.4, -0.2) is 30.7 Å². The van der Waals surface area contributed by atoms with Gasteiger partial charge in [-0.3, -0.25) is 0 Å². The topological polar surface area (TPSA) is 47.5 Å². The molecular formula is C18H21N3O2. The SMILES string of the molecule is COc1cc2c(cc1OC)CN(c1cc(C3CC3)ncn1)CC2. The molecular weight excluding hydrogens is 290 g/mol. The van der Waals surface area contributed by atoms with Gasteiger partial charge in [0.05, 0.1) is 14.2 Å². The van der Waals surface area contributed by atoms with Crippen molar-refractivity contribution in [3.8, 4) is 11.5 Å². The van der Waals surface area contributed by atoms with E-state index in [1.807, 2.05) is 0 Å². The lowest BCUT2D eigenvalue weighted by Crippen LogP contribution is -2.31. The lowest BCUT2D eigenvalue weighted by Gasteiger charge is -2.30. The van der Waals surface area contributed by atoms with E-state index in [1.165, 1.54) is 29.7 Å². The lowest BCUT2D eigenvalue weighted by atomic mass is 9.98. The molecule has 1 aromatic carbocycles. The molecule has 0 N–H and O–H groups in total. The quantitative estimate of drug-likeness (QED) is 0.869. The molecule has 1 aromatic heterocycles. The van der Waals surface area contributed by atoms with Crippen LogP contribution in [0, 0.1) is 0 Å². The van der Waals surface area contributed by atoms with E-state index < -0.39 is 0 Å². The molecule has 2 aliphatic rings. The fourth-order valence-corrected chi connectivity index (χ4v) is 3.22. The summed E-state index contributed by atoms with van der Waals surface area (Å²) in [5, 5.41) is 0. The second-order valence-electron chi connectivity index (χ2n) is 6.22. The molecule has 0 amide bonds. The van der Waals surface area contributed by atoms with Crippen molar-refractivity contribution >= 4 is 5.82 Å². The smallest absolute Gasteiger partial charge is 0.161 e. The second kappa shape index (κ2) is 5.72. The first-order valence-electron chi connectivity index (χ1n) is 8.09. The van der Waals surface area contributed by atoms with Gasteiger partial charge in [0.25, 0.3) is 0 Å². The summed E-state index contributed by atoms with van der Waals surface area (Å²) >= 11 is 0. The van der Waals surface area contributed by atoms with Crippen LogP contribution in [0.25, 0.3) is 0 Å². The number of rotatable bonds is 4. The highest BCUT2D eigenvalue weighted by Crippen LogP contribution is 2.40. The minimum absolute atomic E-state index is 0.651. The first-order chi connectivity index (χ1) is 11.3. The Balaban J connectivity index is 1.61. The van der Waals surface area contributed by atoms with Crippen LogP contribution in [0.4, 0.5) is 5.82 Å². The number of hydrogen-bond donors (Lipinski definition) is 0. The Morgan fingerprint density at radius 1 is 1.00 bits per heavy atom. The predicted molar refractivity (Wildman–Crippen MR) is 88.3 cm³/mol. The zero-order chi connectivity index (χ0) is 15.8. The number of ether oxygens (including phenoxy) is 2. The third-order valence-corrected chi connectivity index (χ3v) is 4.71. The standard InChI is InChI=1S/C18H21N3O2/c1-22-16-7-13-5-6-21(10-14(13)8-17(16)23-2)18-9-15(12-3-4-12)19-11-20-18/h7-9,11-12H,3-6,10H2,1-2H3. The van der Waals surface area contributed by atoms with Gasteiger partial charge in [0.15, 0.2) is 11.5 Å². The van der Waals surface area contributed by atoms with Gasteiger partial charge >= 0.3 is 0 Å². The van der Waals surface area contributed by atoms with Gasteiger partial charge in [0.2, 0.25) is 0 Å². The third kappa shape index (κ3) is 2.71. The van der Waals surface area contributed by atoms with E-state index in [2.05, 4.69) is 33.1 Å². The van der Waals surface area contributed by atoms with Gasteiger partial charge in [-0.1, -0.05) is 0 Å². The Morgan fingerprint density at radius 3 is 2.43 bits per heavy atom. The summed E-state index contributed by atoms with van der Waals surface area (Å²) in [4.78, 5) is 11.2. The van der Waals surface area contributed by atoms with E-state index in [1.54, 1.807) is 20.5 Å². The van der Waals surface area contributed by atoms with E-state index >= 15 is 0 Å². The van der Waals surface area contributed by atoms with Crippen molar-refractivity contribution in [2.45, 2.75) is 31.7 Å². The number of anilines is 1. The van der Waals surface area contributed by atoms with Crippen molar-refractivity contribution in [1.82, 2.24) is 9.97 Å². The summed E-state index contributed by atoms with van der Waals surface area (Å²) in [6, 6.07) is 6.34. The zero-order valence-electron chi connectivity index (χ0n) is 13.6. The molecule has 5 nitrogen and oxygen atoms in total. The van der Waals surface area contributed by atoms with Crippen LogP contribution in [0.2, 0.25) is 0 Å². The van der Waals surface area contributed by atoms with Gasteiger partial charge in [-0.25, -0.2) is 9.97 Å². The van der Waals surface area contributed by atoms with E-state index in [-0.39, 0.29) is 0 Å². The third-order valence-electron chi connectivity index (χ3n) is 4.71. The monoisotopic (exact) mass is 311 g/mol. The van der Waals surface area contributed by atoms with E-state index in [0.717, 1.165) is 36.8 Å². The average molecular weight is 311 g/mol. The fourth-order valence-electron chi connectivity index (χ4n) is 3.22. The van der Waals surface area contributed by atoms with Crippen molar-refractivity contribution in [2.75, 3.05) is 25.7 Å². The minimum Gasteiger partial charge on any atom is -0.493 e. The van der Waals surface area contributed by atoms with Crippen LogP contribution in [0.5, 0.6) is 11.5 Å². The minimum atomic E-state index is 0.651. The first-order valence-corrected chi connectivity index (χ1v) is 8.09. The number of nitrogens with zero attached hydrogens (tertiary/aromatic N) is 3. The molecule has 1 aliphatic heterocycles. The van der Waals surface area contributed by atoms with Crippen molar-refractivity contribution in [3.05, 3.63) is 41.3 Å². The molecule has 5 heteroatoms. The molecule has 2 heterocycles. The molecule has 0 radical (unpaired) electrons. The lowest BCUT2D eigenvalue weighted by molar-refractivity contribution is 0.353. The molecule has 0 spiro atoms. The van der Waals surface area contributed by atoms with Crippen LogP contribution >= 0.6 is 0 Å². The number of fused-ring (bicyclic) bond motifs is 1. The molecule has 0 saturated heterocycles. The molecule has 0 atom stereocenters. The first kappa shape index (κ1) is 14.3. The highest BCUT2D eigenvalue weighted by atomic mass is 16.5. The van der Waals surface area contributed by atoms with Gasteiger partial charge in [-0.2, -0.15) is 0 Å². The fraction of sp³-hybridized carbons (Fsp3) is 0.444. The highest BCUT2D eigenvalue weighted by Gasteiger charge is 2.26. The number of benzene rings is 1. The zero-order valence-corrected chi connectivity index (χ0v) is 13.6. The van der Waals surface area contributed by atoms with Gasteiger partial charge in [-0.15, -0.1) is 0 Å². The van der Waals surface area contributed by atoms with Crippen LogP contribution in [0.15, 0.2) is 24.5 Å². The normalized spacial score (nSPS) is 16.9. The molecule has 0 unspecified atom stereocenters. The number of aromatic nitrogens is 2. The Hall–Kier alpha value is -2.30. The van der Waals surface area contributed by atoms with Crippen molar-refractivity contribution in [3.63, 3.8) is 0 Å².